The maximum Gasteiger partial charge on any atom is 0.251 e. The third-order valence-electron chi connectivity index (χ3n) is 3.91. The van der Waals surface area contributed by atoms with Gasteiger partial charge < -0.3 is 16.4 Å². The highest BCUT2D eigenvalue weighted by Crippen LogP contribution is 2.27. The van der Waals surface area contributed by atoms with Gasteiger partial charge in [0.05, 0.1) is 0 Å². The van der Waals surface area contributed by atoms with Gasteiger partial charge in [0.2, 0.25) is 5.91 Å². The van der Waals surface area contributed by atoms with E-state index in [1.165, 1.54) is 0 Å². The van der Waals surface area contributed by atoms with Gasteiger partial charge in [0.15, 0.2) is 0 Å². The number of amides is 2. The summed E-state index contributed by atoms with van der Waals surface area (Å²) in [5.74, 6) is 0.00561. The molecule has 0 heterocycles. The maximum atomic E-state index is 12.2. The fraction of sp³-hybridized carbons (Fsp3) is 0.500. The van der Waals surface area contributed by atoms with E-state index in [9.17, 15) is 9.59 Å². The largest absolute Gasteiger partial charge is 0.351 e. The number of carbonyl (C=O) groups excluding carboxylic acids is 2. The Bertz CT molecular complexity index is 522. The van der Waals surface area contributed by atoms with Crippen LogP contribution in [0.2, 0.25) is 0 Å². The Hall–Kier alpha value is -1.88. The lowest BCUT2D eigenvalue weighted by Gasteiger charge is -2.13. The molecule has 1 saturated carbocycles. The predicted molar refractivity (Wildman–Crippen MR) is 83.2 cm³/mol. The molecule has 0 spiro atoms. The van der Waals surface area contributed by atoms with Crippen LogP contribution >= 0.6 is 0 Å². The molecule has 1 aromatic carbocycles. The maximum absolute atomic E-state index is 12.2. The van der Waals surface area contributed by atoms with Crippen molar-refractivity contribution in [2.24, 2.45) is 11.7 Å². The average Bonchev–Trinajstić information content (AvgIpc) is 3.01. The van der Waals surface area contributed by atoms with Crippen LogP contribution in [0.15, 0.2) is 18.2 Å². The van der Waals surface area contributed by atoms with Gasteiger partial charge in [-0.15, -0.1) is 0 Å². The fourth-order valence-electron chi connectivity index (χ4n) is 2.61. The molecular formula is C16H23N3O2. The van der Waals surface area contributed by atoms with Crippen molar-refractivity contribution in [2.45, 2.75) is 32.6 Å². The molecule has 0 unspecified atom stereocenters. The first-order valence-electron chi connectivity index (χ1n) is 7.51. The first kappa shape index (κ1) is 15.5. The van der Waals surface area contributed by atoms with Gasteiger partial charge in [-0.25, -0.2) is 0 Å². The molecule has 0 bridgehead atoms. The van der Waals surface area contributed by atoms with Crippen molar-refractivity contribution < 1.29 is 9.59 Å². The molecular weight excluding hydrogens is 266 g/mol. The molecule has 5 heteroatoms. The summed E-state index contributed by atoms with van der Waals surface area (Å²) >= 11 is 0. The summed E-state index contributed by atoms with van der Waals surface area (Å²) in [6, 6.07) is 5.34. The molecule has 0 atom stereocenters. The Labute approximate surface area is 125 Å². The molecule has 2 amide bonds. The van der Waals surface area contributed by atoms with E-state index in [-0.39, 0.29) is 17.7 Å². The van der Waals surface area contributed by atoms with Crippen LogP contribution in [0.1, 0.15) is 41.6 Å². The highest BCUT2D eigenvalue weighted by atomic mass is 16.2. The first-order valence-corrected chi connectivity index (χ1v) is 7.51. The van der Waals surface area contributed by atoms with Gasteiger partial charge in [-0.1, -0.05) is 18.9 Å². The van der Waals surface area contributed by atoms with Gasteiger partial charge in [0.25, 0.3) is 5.91 Å². The van der Waals surface area contributed by atoms with Crippen molar-refractivity contribution in [2.75, 3.05) is 18.4 Å². The van der Waals surface area contributed by atoms with E-state index in [0.717, 1.165) is 31.2 Å². The molecule has 1 aromatic rings. The third-order valence-corrected chi connectivity index (χ3v) is 3.91. The minimum absolute atomic E-state index is 0.0649. The van der Waals surface area contributed by atoms with Crippen LogP contribution in [0.4, 0.5) is 5.69 Å². The standard InChI is InChI=1S/C16H23N3O2/c1-11-6-7-13(15(20)18-9-8-17)10-14(11)19-16(21)12-4-2-3-5-12/h6-7,10,12H,2-5,8-9,17H2,1H3,(H,18,20)(H,19,21). The van der Waals surface area contributed by atoms with Crippen LogP contribution in [0.5, 0.6) is 0 Å². The lowest BCUT2D eigenvalue weighted by Crippen LogP contribution is -2.29. The van der Waals surface area contributed by atoms with E-state index in [4.69, 9.17) is 5.73 Å². The van der Waals surface area contributed by atoms with Crippen molar-refractivity contribution in [1.82, 2.24) is 5.32 Å². The first-order chi connectivity index (χ1) is 10.1. The Balaban J connectivity index is 2.07. The molecule has 2 rings (SSSR count). The van der Waals surface area contributed by atoms with Crippen molar-refractivity contribution in [3.8, 4) is 0 Å². The minimum Gasteiger partial charge on any atom is -0.351 e. The summed E-state index contributed by atoms with van der Waals surface area (Å²) in [4.78, 5) is 24.1. The molecule has 1 aliphatic carbocycles. The fourth-order valence-corrected chi connectivity index (χ4v) is 2.61. The molecule has 0 aromatic heterocycles. The lowest BCUT2D eigenvalue weighted by molar-refractivity contribution is -0.119. The Morgan fingerprint density at radius 3 is 2.67 bits per heavy atom. The summed E-state index contributed by atoms with van der Waals surface area (Å²) in [5, 5.41) is 5.69. The van der Waals surface area contributed by atoms with Crippen molar-refractivity contribution >= 4 is 17.5 Å². The molecule has 21 heavy (non-hydrogen) atoms. The Kier molecular flexibility index (Phi) is 5.33. The van der Waals surface area contributed by atoms with Crippen LogP contribution in [0.25, 0.3) is 0 Å². The monoisotopic (exact) mass is 289 g/mol. The third kappa shape index (κ3) is 4.04. The van der Waals surface area contributed by atoms with Gasteiger partial charge in [-0.3, -0.25) is 9.59 Å². The van der Waals surface area contributed by atoms with Crippen molar-refractivity contribution in [3.63, 3.8) is 0 Å². The molecule has 1 fully saturated rings. The van der Waals surface area contributed by atoms with Gasteiger partial charge in [-0.05, 0) is 37.5 Å². The van der Waals surface area contributed by atoms with E-state index in [1.54, 1.807) is 12.1 Å². The number of hydrogen-bond donors (Lipinski definition) is 3. The SMILES string of the molecule is Cc1ccc(C(=O)NCCN)cc1NC(=O)C1CCCC1. The van der Waals surface area contributed by atoms with Crippen LogP contribution in [-0.4, -0.2) is 24.9 Å². The molecule has 4 N–H and O–H groups in total. The molecule has 0 aliphatic heterocycles. The van der Waals surface area contributed by atoms with E-state index >= 15 is 0 Å². The number of benzene rings is 1. The Morgan fingerprint density at radius 2 is 2.00 bits per heavy atom. The number of anilines is 1. The van der Waals surface area contributed by atoms with Gasteiger partial charge in [0.1, 0.15) is 0 Å². The number of carbonyl (C=O) groups is 2. The number of rotatable bonds is 5. The molecule has 1 aliphatic rings. The highest BCUT2D eigenvalue weighted by molar-refractivity contribution is 5.98. The zero-order valence-electron chi connectivity index (χ0n) is 12.4. The lowest BCUT2D eigenvalue weighted by atomic mass is 10.1. The number of hydrogen-bond acceptors (Lipinski definition) is 3. The van der Waals surface area contributed by atoms with Crippen molar-refractivity contribution in [1.29, 1.82) is 0 Å². The van der Waals surface area contributed by atoms with Gasteiger partial charge in [-0.2, -0.15) is 0 Å². The molecule has 0 radical (unpaired) electrons. The number of nitrogens with one attached hydrogen (secondary N) is 2. The summed E-state index contributed by atoms with van der Waals surface area (Å²) in [6.07, 6.45) is 4.17. The minimum atomic E-state index is -0.170. The summed E-state index contributed by atoms with van der Waals surface area (Å²) in [5.41, 5.74) is 7.58. The second-order valence-corrected chi connectivity index (χ2v) is 5.54. The molecule has 114 valence electrons. The zero-order valence-corrected chi connectivity index (χ0v) is 12.4. The second-order valence-electron chi connectivity index (χ2n) is 5.54. The van der Waals surface area contributed by atoms with Crippen LogP contribution < -0.4 is 16.4 Å². The zero-order chi connectivity index (χ0) is 15.2. The highest BCUT2D eigenvalue weighted by Gasteiger charge is 2.23. The molecule has 5 nitrogen and oxygen atoms in total. The molecule has 0 saturated heterocycles. The van der Waals surface area contributed by atoms with E-state index in [2.05, 4.69) is 10.6 Å². The Morgan fingerprint density at radius 1 is 1.29 bits per heavy atom. The summed E-state index contributed by atoms with van der Waals surface area (Å²) < 4.78 is 0. The van der Waals surface area contributed by atoms with Crippen LogP contribution in [0.3, 0.4) is 0 Å². The summed E-state index contributed by atoms with van der Waals surface area (Å²) in [7, 11) is 0. The van der Waals surface area contributed by atoms with Gasteiger partial charge >= 0.3 is 0 Å². The van der Waals surface area contributed by atoms with E-state index in [0.29, 0.717) is 24.3 Å². The topological polar surface area (TPSA) is 84.2 Å². The van der Waals surface area contributed by atoms with E-state index < -0.39 is 0 Å². The second kappa shape index (κ2) is 7.22. The van der Waals surface area contributed by atoms with E-state index in [1.807, 2.05) is 13.0 Å². The quantitative estimate of drug-likeness (QED) is 0.773. The smallest absolute Gasteiger partial charge is 0.251 e. The normalized spacial score (nSPS) is 15.0. The van der Waals surface area contributed by atoms with Crippen LogP contribution in [-0.2, 0) is 4.79 Å². The number of nitrogens with two attached hydrogens (primary N) is 1. The predicted octanol–water partition coefficient (Wildman–Crippen LogP) is 1.81. The van der Waals surface area contributed by atoms with Gasteiger partial charge in [0, 0.05) is 30.3 Å². The van der Waals surface area contributed by atoms with Crippen LogP contribution in [0, 0.1) is 12.8 Å². The summed E-state index contributed by atoms with van der Waals surface area (Å²) in [6.45, 7) is 2.77. The number of aryl methyl sites for hydroxylation is 1. The van der Waals surface area contributed by atoms with Crippen molar-refractivity contribution in [3.05, 3.63) is 29.3 Å². The average molecular weight is 289 g/mol.